The van der Waals surface area contributed by atoms with E-state index in [-0.39, 0.29) is 11.9 Å². The van der Waals surface area contributed by atoms with Gasteiger partial charge >= 0.3 is 0 Å². The van der Waals surface area contributed by atoms with Crippen LogP contribution < -0.4 is 10.1 Å². The highest BCUT2D eigenvalue weighted by Gasteiger charge is 2.15. The lowest BCUT2D eigenvalue weighted by Crippen LogP contribution is -2.40. The fourth-order valence-electron chi connectivity index (χ4n) is 3.01. The summed E-state index contributed by atoms with van der Waals surface area (Å²) in [6.45, 7) is 8.08. The van der Waals surface area contributed by atoms with Gasteiger partial charge in [-0.25, -0.2) is 9.38 Å². The lowest BCUT2D eigenvalue weighted by molar-refractivity contribution is 0.0625. The Labute approximate surface area is 156 Å². The summed E-state index contributed by atoms with van der Waals surface area (Å²) < 4.78 is 24.4. The molecule has 1 aromatic rings. The molecule has 0 amide bonds. The van der Waals surface area contributed by atoms with Crippen molar-refractivity contribution in [2.24, 2.45) is 10.9 Å². The Morgan fingerprint density at radius 3 is 2.88 bits per heavy atom. The van der Waals surface area contributed by atoms with Crippen LogP contribution >= 0.6 is 0 Å². The number of guanidine groups is 1. The molecule has 0 spiro atoms. The van der Waals surface area contributed by atoms with Crippen LogP contribution in [-0.4, -0.2) is 56.9 Å². The number of rotatable bonds is 8. The number of hydrogen-bond acceptors (Lipinski definition) is 3. The van der Waals surface area contributed by atoms with Gasteiger partial charge in [-0.1, -0.05) is 6.07 Å². The molecule has 0 aliphatic carbocycles. The molecular formula is C20H32FN3O2. The molecule has 1 aliphatic rings. The predicted molar refractivity (Wildman–Crippen MR) is 103 cm³/mol. The van der Waals surface area contributed by atoms with Crippen LogP contribution in [0.5, 0.6) is 5.75 Å². The van der Waals surface area contributed by atoms with Crippen molar-refractivity contribution in [3.8, 4) is 5.75 Å². The monoisotopic (exact) mass is 365 g/mol. The van der Waals surface area contributed by atoms with Gasteiger partial charge in [0.2, 0.25) is 0 Å². The molecule has 1 atom stereocenters. The van der Waals surface area contributed by atoms with E-state index in [1.807, 2.05) is 6.92 Å². The number of aliphatic imine (C=N–C) groups is 1. The van der Waals surface area contributed by atoms with Crippen molar-refractivity contribution in [3.05, 3.63) is 30.1 Å². The van der Waals surface area contributed by atoms with Crippen LogP contribution in [0.4, 0.5) is 4.39 Å². The van der Waals surface area contributed by atoms with Crippen molar-refractivity contribution in [3.63, 3.8) is 0 Å². The third-order valence-electron chi connectivity index (χ3n) is 4.54. The largest absolute Gasteiger partial charge is 0.489 e. The third kappa shape index (κ3) is 7.20. The van der Waals surface area contributed by atoms with Gasteiger partial charge in [0, 0.05) is 39.4 Å². The first-order valence-electron chi connectivity index (χ1n) is 9.58. The van der Waals surface area contributed by atoms with E-state index in [0.717, 1.165) is 57.4 Å². The van der Waals surface area contributed by atoms with Gasteiger partial charge in [0.15, 0.2) is 5.96 Å². The zero-order valence-electron chi connectivity index (χ0n) is 16.2. The number of halogens is 1. The van der Waals surface area contributed by atoms with Gasteiger partial charge in [0.25, 0.3) is 0 Å². The van der Waals surface area contributed by atoms with Crippen molar-refractivity contribution < 1.29 is 13.9 Å². The lowest BCUT2D eigenvalue weighted by atomic mass is 9.96. The summed E-state index contributed by atoms with van der Waals surface area (Å²) in [5.74, 6) is 1.86. The Hall–Kier alpha value is -1.82. The fraction of sp³-hybridized carbons (Fsp3) is 0.650. The summed E-state index contributed by atoms with van der Waals surface area (Å²) in [6.07, 6.45) is 3.33. The molecule has 2 rings (SSSR count). The van der Waals surface area contributed by atoms with E-state index in [4.69, 9.17) is 9.47 Å². The van der Waals surface area contributed by atoms with Gasteiger partial charge < -0.3 is 19.7 Å². The van der Waals surface area contributed by atoms with Crippen LogP contribution in [0.25, 0.3) is 0 Å². The Balaban J connectivity index is 1.83. The first-order valence-corrected chi connectivity index (χ1v) is 9.58. The molecule has 1 fully saturated rings. The summed E-state index contributed by atoms with van der Waals surface area (Å²) in [5.41, 5.74) is 0. The second-order valence-corrected chi connectivity index (χ2v) is 6.85. The predicted octanol–water partition coefficient (Wildman–Crippen LogP) is 3.31. The molecule has 6 heteroatoms. The molecule has 1 unspecified atom stereocenters. The molecule has 0 radical (unpaired) electrons. The summed E-state index contributed by atoms with van der Waals surface area (Å²) in [5, 5.41) is 3.33. The van der Waals surface area contributed by atoms with Crippen LogP contribution in [0.15, 0.2) is 29.3 Å². The molecule has 0 saturated carbocycles. The smallest absolute Gasteiger partial charge is 0.193 e. The molecule has 1 saturated heterocycles. The third-order valence-corrected chi connectivity index (χ3v) is 4.54. The van der Waals surface area contributed by atoms with E-state index in [1.165, 1.54) is 12.1 Å². The minimum absolute atomic E-state index is 0.130. The zero-order chi connectivity index (χ0) is 18.8. The van der Waals surface area contributed by atoms with Crippen LogP contribution in [0.2, 0.25) is 0 Å². The van der Waals surface area contributed by atoms with Gasteiger partial charge in [-0.15, -0.1) is 0 Å². The van der Waals surface area contributed by atoms with E-state index in [1.54, 1.807) is 12.1 Å². The number of nitrogens with one attached hydrogen (secondary N) is 1. The number of nitrogens with zero attached hydrogens (tertiary/aromatic N) is 2. The fourth-order valence-corrected chi connectivity index (χ4v) is 3.01. The molecule has 1 heterocycles. The van der Waals surface area contributed by atoms with Crippen molar-refractivity contribution in [2.45, 2.75) is 39.2 Å². The Morgan fingerprint density at radius 2 is 2.19 bits per heavy atom. The maximum Gasteiger partial charge on any atom is 0.193 e. The Morgan fingerprint density at radius 1 is 1.42 bits per heavy atom. The molecule has 1 aliphatic heterocycles. The Bertz CT molecular complexity index is 562. The maximum absolute atomic E-state index is 13.2. The molecule has 146 valence electrons. The quantitative estimate of drug-likeness (QED) is 0.567. The van der Waals surface area contributed by atoms with E-state index in [2.05, 4.69) is 29.2 Å². The minimum Gasteiger partial charge on any atom is -0.489 e. The second-order valence-electron chi connectivity index (χ2n) is 6.85. The average Bonchev–Trinajstić information content (AvgIpc) is 2.64. The van der Waals surface area contributed by atoms with Crippen LogP contribution in [0.3, 0.4) is 0 Å². The van der Waals surface area contributed by atoms with E-state index >= 15 is 0 Å². The molecular weight excluding hydrogens is 333 g/mol. The van der Waals surface area contributed by atoms with Crippen LogP contribution in [-0.2, 0) is 4.74 Å². The highest BCUT2D eigenvalue weighted by molar-refractivity contribution is 5.79. The van der Waals surface area contributed by atoms with Gasteiger partial charge in [-0.3, -0.25) is 0 Å². The SMILES string of the molecule is CCNC(=NCC(C)Oc1cccc(F)c1)N(C)CCC1CCOCC1. The van der Waals surface area contributed by atoms with Gasteiger partial charge in [0.05, 0.1) is 6.54 Å². The molecule has 1 aromatic carbocycles. The second kappa shape index (κ2) is 11.0. The highest BCUT2D eigenvalue weighted by atomic mass is 19.1. The van der Waals surface area contributed by atoms with E-state index in [0.29, 0.717) is 12.3 Å². The normalized spacial score (nSPS) is 17.0. The van der Waals surface area contributed by atoms with Gasteiger partial charge in [0.1, 0.15) is 17.7 Å². The summed E-state index contributed by atoms with van der Waals surface area (Å²) in [7, 11) is 2.07. The topological polar surface area (TPSA) is 46.1 Å². The van der Waals surface area contributed by atoms with E-state index < -0.39 is 0 Å². The summed E-state index contributed by atoms with van der Waals surface area (Å²) >= 11 is 0. The average molecular weight is 365 g/mol. The lowest BCUT2D eigenvalue weighted by Gasteiger charge is -2.27. The summed E-state index contributed by atoms with van der Waals surface area (Å²) in [6, 6.07) is 6.21. The molecule has 0 aromatic heterocycles. The first-order chi connectivity index (χ1) is 12.6. The minimum atomic E-state index is -0.292. The van der Waals surface area contributed by atoms with Gasteiger partial charge in [-0.2, -0.15) is 0 Å². The number of ether oxygens (including phenoxy) is 2. The molecule has 0 bridgehead atoms. The molecule has 5 nitrogen and oxygen atoms in total. The molecule has 26 heavy (non-hydrogen) atoms. The Kier molecular flexibility index (Phi) is 8.68. The van der Waals surface area contributed by atoms with Crippen molar-refractivity contribution in [1.29, 1.82) is 0 Å². The summed E-state index contributed by atoms with van der Waals surface area (Å²) in [4.78, 5) is 6.86. The highest BCUT2D eigenvalue weighted by Crippen LogP contribution is 2.18. The first kappa shape index (κ1) is 20.5. The zero-order valence-corrected chi connectivity index (χ0v) is 16.2. The van der Waals surface area contributed by atoms with Crippen molar-refractivity contribution in [2.75, 3.05) is 39.9 Å². The maximum atomic E-state index is 13.2. The number of hydrogen-bond donors (Lipinski definition) is 1. The van der Waals surface area contributed by atoms with Crippen molar-refractivity contribution >= 4 is 5.96 Å². The van der Waals surface area contributed by atoms with E-state index in [9.17, 15) is 4.39 Å². The van der Waals surface area contributed by atoms with Crippen LogP contribution in [0, 0.1) is 11.7 Å². The standard InChI is InChI=1S/C20H32FN3O2/c1-4-22-20(24(3)11-8-17-9-12-25-13-10-17)23-15-16(2)26-19-7-5-6-18(21)14-19/h5-7,14,16-17H,4,8-13,15H2,1-3H3,(H,22,23). The van der Waals surface area contributed by atoms with Crippen LogP contribution in [0.1, 0.15) is 33.1 Å². The number of benzene rings is 1. The van der Waals surface area contributed by atoms with Gasteiger partial charge in [-0.05, 0) is 51.2 Å². The van der Waals surface area contributed by atoms with Crippen molar-refractivity contribution in [1.82, 2.24) is 10.2 Å². The molecule has 1 N–H and O–H groups in total.